The molecule has 2 atom stereocenters. The van der Waals surface area contributed by atoms with Crippen LogP contribution < -0.4 is 10.6 Å². The number of ether oxygens (including phenoxy) is 2. The summed E-state index contributed by atoms with van der Waals surface area (Å²) in [6.45, 7) is 3.67. The maximum absolute atomic E-state index is 13.4. The molecule has 1 aliphatic heterocycles. The average molecular weight is 576 g/mol. The third-order valence-corrected chi connectivity index (χ3v) is 7.12. The Bertz CT molecular complexity index is 1400. The van der Waals surface area contributed by atoms with Crippen molar-refractivity contribution in [3.8, 4) is 0 Å². The van der Waals surface area contributed by atoms with Crippen LogP contribution in [0.2, 0.25) is 0 Å². The highest BCUT2D eigenvalue weighted by molar-refractivity contribution is 8.15. The van der Waals surface area contributed by atoms with Crippen molar-refractivity contribution in [2.45, 2.75) is 38.3 Å². The van der Waals surface area contributed by atoms with Crippen molar-refractivity contribution in [3.05, 3.63) is 95.8 Å². The van der Waals surface area contributed by atoms with Gasteiger partial charge in [-0.05, 0) is 48.7 Å². The van der Waals surface area contributed by atoms with E-state index in [2.05, 4.69) is 20.6 Å². The SMILES string of the molecule is CCOC(=O)N=C1SC(c2ccc(NC(=O)[C@H](C)NC(=O)OCc3ccccc3)cc2)C(=O)N1Cc1cccnc1. The number of carbonyl (C=O) groups excluding carboxylic acids is 4. The lowest BCUT2D eigenvalue weighted by Gasteiger charge is -2.16. The van der Waals surface area contributed by atoms with E-state index in [1.165, 1.54) is 4.90 Å². The monoisotopic (exact) mass is 575 g/mol. The van der Waals surface area contributed by atoms with Crippen LogP contribution in [0.3, 0.4) is 0 Å². The van der Waals surface area contributed by atoms with Gasteiger partial charge in [-0.3, -0.25) is 19.5 Å². The molecule has 0 spiro atoms. The van der Waals surface area contributed by atoms with Gasteiger partial charge in [-0.25, -0.2) is 9.59 Å². The van der Waals surface area contributed by atoms with Gasteiger partial charge in [0.25, 0.3) is 0 Å². The number of nitrogens with one attached hydrogen (secondary N) is 2. The molecule has 1 aliphatic rings. The topological polar surface area (TPSA) is 139 Å². The molecule has 12 heteroatoms. The first-order chi connectivity index (χ1) is 19.8. The second kappa shape index (κ2) is 14.1. The Hall–Kier alpha value is -4.71. The van der Waals surface area contributed by atoms with Gasteiger partial charge in [-0.15, -0.1) is 0 Å². The quantitative estimate of drug-likeness (QED) is 0.376. The first-order valence-corrected chi connectivity index (χ1v) is 13.7. The molecule has 2 heterocycles. The van der Waals surface area contributed by atoms with E-state index in [-0.39, 0.29) is 30.8 Å². The van der Waals surface area contributed by atoms with E-state index in [1.807, 2.05) is 36.4 Å². The molecule has 2 N–H and O–H groups in total. The molecule has 2 aromatic carbocycles. The Morgan fingerprint density at radius 2 is 1.76 bits per heavy atom. The third kappa shape index (κ3) is 8.15. The van der Waals surface area contributed by atoms with Crippen molar-refractivity contribution in [1.82, 2.24) is 15.2 Å². The summed E-state index contributed by atoms with van der Waals surface area (Å²) in [5.41, 5.74) is 2.76. The van der Waals surface area contributed by atoms with Crippen molar-refractivity contribution < 1.29 is 28.7 Å². The van der Waals surface area contributed by atoms with Gasteiger partial charge >= 0.3 is 12.2 Å². The minimum absolute atomic E-state index is 0.0895. The number of aliphatic imine (C=N–C) groups is 1. The maximum Gasteiger partial charge on any atom is 0.436 e. The Morgan fingerprint density at radius 3 is 2.44 bits per heavy atom. The fourth-order valence-corrected chi connectivity index (χ4v) is 4.95. The predicted octanol–water partition coefficient (Wildman–Crippen LogP) is 4.66. The van der Waals surface area contributed by atoms with E-state index < -0.39 is 29.4 Å². The Balaban J connectivity index is 1.37. The molecule has 1 fully saturated rings. The van der Waals surface area contributed by atoms with E-state index in [4.69, 9.17) is 9.47 Å². The van der Waals surface area contributed by atoms with Crippen molar-refractivity contribution in [1.29, 1.82) is 0 Å². The number of carbonyl (C=O) groups is 4. The van der Waals surface area contributed by atoms with Crippen molar-refractivity contribution >= 4 is 46.6 Å². The van der Waals surface area contributed by atoms with Gasteiger partial charge in [0.05, 0.1) is 13.2 Å². The number of thioether (sulfide) groups is 1. The lowest BCUT2D eigenvalue weighted by Crippen LogP contribution is -2.41. The van der Waals surface area contributed by atoms with Crippen LogP contribution in [0, 0.1) is 0 Å². The standard InChI is InChI=1S/C29H29N5O6S/c1-3-39-29(38)33-27-34(17-21-10-7-15-30-16-21)26(36)24(41-27)22-11-13-23(14-12-22)32-25(35)19(2)31-28(37)40-18-20-8-5-4-6-9-20/h4-16,19,24H,3,17-18H2,1-2H3,(H,31,37)(H,32,35)/t19-,24?/m0/s1. The highest BCUT2D eigenvalue weighted by Gasteiger charge is 2.39. The fraction of sp³-hybridized carbons (Fsp3) is 0.241. The van der Waals surface area contributed by atoms with Crippen LogP contribution in [0.5, 0.6) is 0 Å². The number of rotatable bonds is 9. The normalized spacial score (nSPS) is 16.2. The zero-order valence-corrected chi connectivity index (χ0v) is 23.3. The molecule has 1 saturated heterocycles. The van der Waals surface area contributed by atoms with Crippen molar-refractivity contribution in [2.75, 3.05) is 11.9 Å². The summed E-state index contributed by atoms with van der Waals surface area (Å²) in [6, 6.07) is 18.7. The number of amidine groups is 1. The van der Waals surface area contributed by atoms with E-state index >= 15 is 0 Å². The number of aromatic nitrogens is 1. The fourth-order valence-electron chi connectivity index (χ4n) is 3.81. The van der Waals surface area contributed by atoms with E-state index in [0.717, 1.165) is 22.9 Å². The van der Waals surface area contributed by atoms with Crippen LogP contribution in [-0.2, 0) is 32.2 Å². The van der Waals surface area contributed by atoms with E-state index in [1.54, 1.807) is 56.6 Å². The van der Waals surface area contributed by atoms with E-state index in [0.29, 0.717) is 11.3 Å². The lowest BCUT2D eigenvalue weighted by atomic mass is 10.1. The summed E-state index contributed by atoms with van der Waals surface area (Å²) in [5, 5.41) is 4.83. The summed E-state index contributed by atoms with van der Waals surface area (Å²) >= 11 is 1.14. The Labute approximate surface area is 241 Å². The maximum atomic E-state index is 13.4. The number of amides is 4. The van der Waals surface area contributed by atoms with Gasteiger partial charge in [-0.1, -0.05) is 60.3 Å². The zero-order chi connectivity index (χ0) is 29.2. The second-order valence-corrected chi connectivity index (χ2v) is 9.99. The summed E-state index contributed by atoms with van der Waals surface area (Å²) in [5.74, 6) is -0.683. The molecule has 41 heavy (non-hydrogen) atoms. The molecule has 212 valence electrons. The van der Waals surface area contributed by atoms with Gasteiger partial charge in [0.1, 0.15) is 17.9 Å². The number of hydrogen-bond acceptors (Lipinski definition) is 8. The molecule has 0 saturated carbocycles. The molecule has 0 radical (unpaired) electrons. The van der Waals surface area contributed by atoms with E-state index in [9.17, 15) is 19.2 Å². The van der Waals surface area contributed by atoms with Crippen LogP contribution >= 0.6 is 11.8 Å². The van der Waals surface area contributed by atoms with Crippen LogP contribution in [0.25, 0.3) is 0 Å². The number of pyridine rings is 1. The van der Waals surface area contributed by atoms with Crippen LogP contribution in [0.4, 0.5) is 15.3 Å². The molecule has 11 nitrogen and oxygen atoms in total. The number of nitrogens with zero attached hydrogens (tertiary/aromatic N) is 3. The summed E-state index contributed by atoms with van der Waals surface area (Å²) in [6.07, 6.45) is 1.79. The first kappa shape index (κ1) is 29.3. The molecule has 1 aromatic heterocycles. The highest BCUT2D eigenvalue weighted by atomic mass is 32.2. The lowest BCUT2D eigenvalue weighted by molar-refractivity contribution is -0.126. The molecule has 4 rings (SSSR count). The summed E-state index contributed by atoms with van der Waals surface area (Å²) in [4.78, 5) is 59.7. The zero-order valence-electron chi connectivity index (χ0n) is 22.5. The molecule has 3 aromatic rings. The Kier molecular flexibility index (Phi) is 10.1. The smallest absolute Gasteiger partial charge is 0.436 e. The van der Waals surface area contributed by atoms with Crippen molar-refractivity contribution in [3.63, 3.8) is 0 Å². The second-order valence-electron chi connectivity index (χ2n) is 8.92. The number of hydrogen-bond donors (Lipinski definition) is 2. The predicted molar refractivity (Wildman–Crippen MR) is 154 cm³/mol. The number of benzene rings is 2. The minimum atomic E-state index is -0.854. The summed E-state index contributed by atoms with van der Waals surface area (Å²) in [7, 11) is 0. The molecule has 1 unspecified atom stereocenters. The van der Waals surface area contributed by atoms with Gasteiger partial charge in [0.15, 0.2) is 5.17 Å². The van der Waals surface area contributed by atoms with Gasteiger partial charge in [-0.2, -0.15) is 4.99 Å². The number of anilines is 1. The largest absolute Gasteiger partial charge is 0.448 e. The first-order valence-electron chi connectivity index (χ1n) is 12.8. The molecular weight excluding hydrogens is 546 g/mol. The van der Waals surface area contributed by atoms with Crippen molar-refractivity contribution in [2.24, 2.45) is 4.99 Å². The molecule has 0 aliphatic carbocycles. The van der Waals surface area contributed by atoms with Gasteiger partial charge in [0.2, 0.25) is 11.8 Å². The van der Waals surface area contributed by atoms with Crippen LogP contribution in [0.15, 0.2) is 84.1 Å². The van der Waals surface area contributed by atoms with Gasteiger partial charge < -0.3 is 20.1 Å². The molecule has 4 amide bonds. The highest BCUT2D eigenvalue weighted by Crippen LogP contribution is 2.40. The minimum Gasteiger partial charge on any atom is -0.448 e. The molecular formula is C29H29N5O6S. The third-order valence-electron chi connectivity index (χ3n) is 5.88. The Morgan fingerprint density at radius 1 is 1.02 bits per heavy atom. The van der Waals surface area contributed by atoms with Gasteiger partial charge in [0, 0.05) is 18.1 Å². The van der Waals surface area contributed by atoms with Crippen LogP contribution in [0.1, 0.15) is 35.8 Å². The summed E-state index contributed by atoms with van der Waals surface area (Å²) < 4.78 is 10.1. The average Bonchev–Trinajstić information content (AvgIpc) is 3.27. The number of alkyl carbamates (subject to hydrolysis) is 1. The van der Waals surface area contributed by atoms with Crippen LogP contribution in [-0.4, -0.2) is 51.7 Å². The molecule has 0 bridgehead atoms.